The third-order valence-corrected chi connectivity index (χ3v) is 4.55. The summed E-state index contributed by atoms with van der Waals surface area (Å²) in [5.41, 5.74) is 1.49. The Bertz CT molecular complexity index is 597. The number of benzene rings is 1. The van der Waals surface area contributed by atoms with Crippen LogP contribution in [-0.4, -0.2) is 33.7 Å². The minimum Gasteiger partial charge on any atom is -0.356 e. The number of amides is 1. The molecule has 1 aromatic carbocycles. The second-order valence-corrected chi connectivity index (χ2v) is 7.81. The molecule has 0 atom stereocenters. The van der Waals surface area contributed by atoms with Gasteiger partial charge in [-0.05, 0) is 30.9 Å². The zero-order chi connectivity index (χ0) is 16.8. The van der Waals surface area contributed by atoms with Crippen molar-refractivity contribution >= 4 is 21.6 Å². The normalized spacial score (nSPS) is 11.5. The number of hydrogen-bond donors (Lipinski definition) is 1. The predicted molar refractivity (Wildman–Crippen MR) is 90.5 cm³/mol. The second-order valence-electron chi connectivity index (χ2n) is 5.90. The smallest absolute Gasteiger partial charge is 0.232 e. The Kier molecular flexibility index (Phi) is 6.87. The highest BCUT2D eigenvalue weighted by Crippen LogP contribution is 2.22. The van der Waals surface area contributed by atoms with E-state index < -0.39 is 10.0 Å². The summed E-state index contributed by atoms with van der Waals surface area (Å²) in [5, 5.41) is 2.83. The first-order valence-electron chi connectivity index (χ1n) is 7.52. The number of para-hydroxylation sites is 1. The number of sulfonamides is 1. The Morgan fingerprint density at radius 1 is 1.27 bits per heavy atom. The zero-order valence-electron chi connectivity index (χ0n) is 13.8. The van der Waals surface area contributed by atoms with Gasteiger partial charge in [-0.15, -0.1) is 0 Å². The molecule has 0 aliphatic rings. The number of rotatable bonds is 8. The van der Waals surface area contributed by atoms with Crippen LogP contribution in [0.1, 0.15) is 32.3 Å². The van der Waals surface area contributed by atoms with Crippen LogP contribution in [0.15, 0.2) is 24.3 Å². The molecule has 0 spiro atoms. The molecule has 5 nitrogen and oxygen atoms in total. The van der Waals surface area contributed by atoms with Crippen molar-refractivity contribution in [1.29, 1.82) is 0 Å². The van der Waals surface area contributed by atoms with Gasteiger partial charge in [0.15, 0.2) is 0 Å². The summed E-state index contributed by atoms with van der Waals surface area (Å²) in [6, 6.07) is 7.27. The molecule has 1 rings (SSSR count). The van der Waals surface area contributed by atoms with Gasteiger partial charge in [0.05, 0.1) is 11.9 Å². The molecule has 6 heteroatoms. The lowest BCUT2D eigenvalue weighted by Crippen LogP contribution is -2.35. The van der Waals surface area contributed by atoms with Crippen LogP contribution in [-0.2, 0) is 14.8 Å². The highest BCUT2D eigenvalue weighted by atomic mass is 32.2. The van der Waals surface area contributed by atoms with Gasteiger partial charge in [0.25, 0.3) is 0 Å². The molecular formula is C16H26N2O3S. The maximum Gasteiger partial charge on any atom is 0.232 e. The molecule has 0 aliphatic carbocycles. The van der Waals surface area contributed by atoms with Crippen molar-refractivity contribution in [2.24, 2.45) is 5.92 Å². The Morgan fingerprint density at radius 3 is 2.45 bits per heavy atom. The van der Waals surface area contributed by atoms with Gasteiger partial charge in [-0.2, -0.15) is 0 Å². The van der Waals surface area contributed by atoms with Gasteiger partial charge in [0.2, 0.25) is 15.9 Å². The van der Waals surface area contributed by atoms with Crippen molar-refractivity contribution in [2.75, 3.05) is 23.7 Å². The quantitative estimate of drug-likeness (QED) is 0.797. The molecule has 0 aromatic heterocycles. The van der Waals surface area contributed by atoms with Crippen LogP contribution in [0, 0.1) is 12.8 Å². The summed E-state index contributed by atoms with van der Waals surface area (Å²) in [5.74, 6) is 0.405. The molecule has 0 saturated heterocycles. The fourth-order valence-corrected chi connectivity index (χ4v) is 3.08. The fraction of sp³-hybridized carbons (Fsp3) is 0.562. The van der Waals surface area contributed by atoms with Crippen LogP contribution in [0.2, 0.25) is 0 Å². The number of anilines is 1. The van der Waals surface area contributed by atoms with Crippen LogP contribution in [0.3, 0.4) is 0 Å². The number of hydrogen-bond acceptors (Lipinski definition) is 3. The maximum absolute atomic E-state index is 12.0. The monoisotopic (exact) mass is 326 g/mol. The summed E-state index contributed by atoms with van der Waals surface area (Å²) in [7, 11) is -3.42. The topological polar surface area (TPSA) is 66.5 Å². The lowest BCUT2D eigenvalue weighted by Gasteiger charge is -2.23. The fourth-order valence-electron chi connectivity index (χ4n) is 2.10. The molecule has 0 heterocycles. The van der Waals surface area contributed by atoms with E-state index in [1.54, 1.807) is 12.1 Å². The summed E-state index contributed by atoms with van der Waals surface area (Å²) in [6.45, 7) is 6.82. The second kappa shape index (κ2) is 8.17. The van der Waals surface area contributed by atoms with E-state index in [1.165, 1.54) is 4.31 Å². The van der Waals surface area contributed by atoms with E-state index in [9.17, 15) is 13.2 Å². The van der Waals surface area contributed by atoms with Crippen LogP contribution in [0.4, 0.5) is 5.69 Å². The number of nitrogens with zero attached hydrogens (tertiary/aromatic N) is 1. The van der Waals surface area contributed by atoms with Crippen LogP contribution >= 0.6 is 0 Å². The van der Waals surface area contributed by atoms with Gasteiger partial charge in [0.1, 0.15) is 0 Å². The predicted octanol–water partition coefficient (Wildman–Crippen LogP) is 2.31. The van der Waals surface area contributed by atoms with Gasteiger partial charge in [-0.3, -0.25) is 9.10 Å². The molecule has 0 unspecified atom stereocenters. The first-order valence-corrected chi connectivity index (χ1v) is 9.36. The van der Waals surface area contributed by atoms with E-state index in [-0.39, 0.29) is 18.9 Å². The van der Waals surface area contributed by atoms with E-state index >= 15 is 0 Å². The van der Waals surface area contributed by atoms with Gasteiger partial charge in [-0.1, -0.05) is 32.0 Å². The number of nitrogens with one attached hydrogen (secondary N) is 1. The van der Waals surface area contributed by atoms with E-state index in [4.69, 9.17) is 0 Å². The Hall–Kier alpha value is -1.56. The molecular weight excluding hydrogens is 300 g/mol. The van der Waals surface area contributed by atoms with Gasteiger partial charge < -0.3 is 5.32 Å². The van der Waals surface area contributed by atoms with Gasteiger partial charge in [0, 0.05) is 19.5 Å². The molecule has 0 fully saturated rings. The molecule has 0 saturated carbocycles. The zero-order valence-corrected chi connectivity index (χ0v) is 14.6. The highest BCUT2D eigenvalue weighted by Gasteiger charge is 2.19. The average molecular weight is 326 g/mol. The van der Waals surface area contributed by atoms with Crippen LogP contribution in [0.25, 0.3) is 0 Å². The Balaban J connectivity index is 2.69. The summed E-state index contributed by atoms with van der Waals surface area (Å²) < 4.78 is 25.3. The minimum absolute atomic E-state index is 0.122. The van der Waals surface area contributed by atoms with Gasteiger partial charge in [-0.25, -0.2) is 8.42 Å². The summed E-state index contributed by atoms with van der Waals surface area (Å²) in [4.78, 5) is 11.8. The SMILES string of the molecule is Cc1ccccc1N(CCC(=O)NCCC(C)C)S(C)(=O)=O. The third-order valence-electron chi connectivity index (χ3n) is 3.37. The average Bonchev–Trinajstić information content (AvgIpc) is 2.39. The van der Waals surface area contributed by atoms with Crippen molar-refractivity contribution in [3.05, 3.63) is 29.8 Å². The largest absolute Gasteiger partial charge is 0.356 e. The van der Waals surface area contributed by atoms with Crippen molar-refractivity contribution in [3.63, 3.8) is 0 Å². The van der Waals surface area contributed by atoms with Crippen molar-refractivity contribution in [2.45, 2.75) is 33.6 Å². The van der Waals surface area contributed by atoms with E-state index in [0.717, 1.165) is 18.2 Å². The molecule has 0 radical (unpaired) electrons. The molecule has 1 amide bonds. The first-order chi connectivity index (χ1) is 10.2. The number of carbonyl (C=O) groups is 1. The van der Waals surface area contributed by atoms with Crippen molar-refractivity contribution in [3.8, 4) is 0 Å². The van der Waals surface area contributed by atoms with Crippen molar-refractivity contribution < 1.29 is 13.2 Å². The number of carbonyl (C=O) groups excluding carboxylic acids is 1. The first kappa shape index (κ1) is 18.5. The van der Waals surface area contributed by atoms with Gasteiger partial charge >= 0.3 is 0 Å². The lowest BCUT2D eigenvalue weighted by atomic mass is 10.1. The minimum atomic E-state index is -3.42. The molecule has 0 bridgehead atoms. The third kappa shape index (κ3) is 6.05. The molecule has 0 aliphatic heterocycles. The van der Waals surface area contributed by atoms with E-state index in [2.05, 4.69) is 19.2 Å². The summed E-state index contributed by atoms with van der Waals surface area (Å²) >= 11 is 0. The molecule has 22 heavy (non-hydrogen) atoms. The maximum atomic E-state index is 12.0. The Labute approximate surface area is 133 Å². The van der Waals surface area contributed by atoms with Crippen LogP contribution in [0.5, 0.6) is 0 Å². The van der Waals surface area contributed by atoms with E-state index in [1.807, 2.05) is 19.1 Å². The van der Waals surface area contributed by atoms with E-state index in [0.29, 0.717) is 18.2 Å². The van der Waals surface area contributed by atoms with Crippen molar-refractivity contribution in [1.82, 2.24) is 5.32 Å². The lowest BCUT2D eigenvalue weighted by molar-refractivity contribution is -0.120. The standard InChI is InChI=1S/C16H26N2O3S/c1-13(2)9-11-17-16(19)10-12-18(22(4,20)21)15-8-6-5-7-14(15)3/h5-8,13H,9-12H2,1-4H3,(H,17,19). The van der Waals surface area contributed by atoms with Crippen LogP contribution < -0.4 is 9.62 Å². The highest BCUT2D eigenvalue weighted by molar-refractivity contribution is 7.92. The number of aryl methyl sites for hydroxylation is 1. The molecule has 1 N–H and O–H groups in total. The summed E-state index contributed by atoms with van der Waals surface area (Å²) in [6.07, 6.45) is 2.23. The Morgan fingerprint density at radius 2 is 1.91 bits per heavy atom. The molecule has 124 valence electrons. The molecule has 1 aromatic rings.